The van der Waals surface area contributed by atoms with E-state index in [1.165, 1.54) is 5.56 Å². The van der Waals surface area contributed by atoms with Crippen molar-refractivity contribution >= 4 is 44.5 Å². The van der Waals surface area contributed by atoms with Crippen LogP contribution in [0.25, 0.3) is 0 Å². The van der Waals surface area contributed by atoms with Gasteiger partial charge >= 0.3 is 0 Å². The minimum Gasteiger partial charge on any atom is -0.325 e. The number of thioether (sulfide) groups is 1. The lowest BCUT2D eigenvalue weighted by Gasteiger charge is -2.08. The molecular weight excluding hydrogens is 374 g/mol. The first-order valence-corrected chi connectivity index (χ1v) is 8.86. The van der Waals surface area contributed by atoms with Gasteiger partial charge < -0.3 is 5.32 Å². The molecule has 1 atom stereocenters. The molecule has 2 aromatic carbocycles. The third-order valence-electron chi connectivity index (χ3n) is 3.27. The van der Waals surface area contributed by atoms with Crippen LogP contribution in [0.5, 0.6) is 0 Å². The highest BCUT2D eigenvalue weighted by molar-refractivity contribution is 9.10. The molecule has 1 aliphatic heterocycles. The van der Waals surface area contributed by atoms with E-state index in [9.17, 15) is 0 Å². The minimum atomic E-state index is 0.145. The number of nitrogens with zero attached hydrogens (tertiary/aromatic N) is 2. The van der Waals surface area contributed by atoms with E-state index in [-0.39, 0.29) is 6.04 Å². The molecule has 0 aromatic heterocycles. The largest absolute Gasteiger partial charge is 0.325 e. The van der Waals surface area contributed by atoms with Crippen LogP contribution in [0.4, 0.5) is 5.69 Å². The Morgan fingerprint density at radius 3 is 2.61 bits per heavy atom. The highest BCUT2D eigenvalue weighted by atomic mass is 79.9. The molecule has 0 amide bonds. The lowest BCUT2D eigenvalue weighted by atomic mass is 10.1. The fourth-order valence-corrected chi connectivity index (χ4v) is 3.33. The number of anilines is 1. The normalized spacial score (nSPS) is 17.7. The maximum Gasteiger partial charge on any atom is 0.217 e. The van der Waals surface area contributed by atoms with Gasteiger partial charge in [0.2, 0.25) is 5.96 Å². The van der Waals surface area contributed by atoms with Crippen LogP contribution in [-0.2, 0) is 0 Å². The molecule has 0 aliphatic carbocycles. The van der Waals surface area contributed by atoms with Crippen LogP contribution in [0.15, 0.2) is 69.1 Å². The summed E-state index contributed by atoms with van der Waals surface area (Å²) in [7, 11) is 0. The molecule has 2 aromatic rings. The smallest absolute Gasteiger partial charge is 0.217 e. The van der Waals surface area contributed by atoms with E-state index in [1.54, 1.807) is 11.8 Å². The molecule has 0 radical (unpaired) electrons. The van der Waals surface area contributed by atoms with E-state index >= 15 is 0 Å². The highest BCUT2D eigenvalue weighted by Crippen LogP contribution is 2.30. The fourth-order valence-electron chi connectivity index (χ4n) is 2.13. The number of hydrogen-bond donors (Lipinski definition) is 3. The number of hydrogen-bond acceptors (Lipinski definition) is 4. The molecule has 0 saturated heterocycles. The van der Waals surface area contributed by atoms with Gasteiger partial charge in [0, 0.05) is 15.9 Å². The second-order valence-electron chi connectivity index (χ2n) is 4.89. The second kappa shape index (κ2) is 7.63. The van der Waals surface area contributed by atoms with Gasteiger partial charge in [-0.1, -0.05) is 58.0 Å². The van der Waals surface area contributed by atoms with Gasteiger partial charge in [-0.15, -0.1) is 0 Å². The van der Waals surface area contributed by atoms with Gasteiger partial charge in [-0.2, -0.15) is 4.99 Å². The average molecular weight is 390 g/mol. The van der Waals surface area contributed by atoms with Gasteiger partial charge in [-0.3, -0.25) is 10.4 Å². The van der Waals surface area contributed by atoms with E-state index in [0.717, 1.165) is 21.1 Å². The zero-order valence-electron chi connectivity index (χ0n) is 12.2. The number of aliphatic imine (C=N–C) groups is 2. The number of nitrogens with two attached hydrogens (primary N) is 1. The first-order chi connectivity index (χ1) is 11.2. The van der Waals surface area contributed by atoms with Crippen molar-refractivity contribution in [2.75, 3.05) is 11.1 Å². The maximum atomic E-state index is 5.56. The number of guanidine groups is 1. The van der Waals surface area contributed by atoms with Gasteiger partial charge in [0.15, 0.2) is 5.17 Å². The van der Waals surface area contributed by atoms with E-state index in [4.69, 9.17) is 5.84 Å². The summed E-state index contributed by atoms with van der Waals surface area (Å²) >= 11 is 5.03. The SMILES string of the molecule is NN/C(=N/C1=NC(c2ccccc2)CS1)Nc1ccc(Br)cc1. The van der Waals surface area contributed by atoms with Crippen molar-refractivity contribution in [3.05, 3.63) is 64.6 Å². The molecule has 3 rings (SSSR count). The lowest BCUT2D eigenvalue weighted by Crippen LogP contribution is -2.36. The van der Waals surface area contributed by atoms with Gasteiger partial charge in [-0.25, -0.2) is 5.84 Å². The average Bonchev–Trinajstić information content (AvgIpc) is 3.05. The van der Waals surface area contributed by atoms with Crippen molar-refractivity contribution in [2.24, 2.45) is 15.8 Å². The number of amidine groups is 1. The van der Waals surface area contributed by atoms with Crippen molar-refractivity contribution in [1.82, 2.24) is 5.43 Å². The molecule has 1 unspecified atom stereocenters. The summed E-state index contributed by atoms with van der Waals surface area (Å²) in [5.74, 6) is 6.91. The van der Waals surface area contributed by atoms with Crippen molar-refractivity contribution in [3.63, 3.8) is 0 Å². The summed E-state index contributed by atoms with van der Waals surface area (Å²) in [6, 6.07) is 18.2. The number of halogens is 1. The first kappa shape index (κ1) is 16.0. The summed E-state index contributed by atoms with van der Waals surface area (Å²) in [5.41, 5.74) is 4.68. The van der Waals surface area contributed by atoms with Gasteiger partial charge in [0.1, 0.15) is 0 Å². The Morgan fingerprint density at radius 2 is 1.91 bits per heavy atom. The molecule has 118 valence electrons. The third-order valence-corrected chi connectivity index (χ3v) is 4.74. The monoisotopic (exact) mass is 389 g/mol. The Balaban J connectivity index is 1.72. The van der Waals surface area contributed by atoms with Crippen LogP contribution in [0.3, 0.4) is 0 Å². The summed E-state index contributed by atoms with van der Waals surface area (Å²) in [6.07, 6.45) is 0. The molecule has 23 heavy (non-hydrogen) atoms. The second-order valence-corrected chi connectivity index (χ2v) is 6.79. The summed E-state index contributed by atoms with van der Waals surface area (Å²) in [5, 5.41) is 3.86. The number of nitrogens with one attached hydrogen (secondary N) is 2. The molecule has 5 nitrogen and oxygen atoms in total. The van der Waals surface area contributed by atoms with Crippen molar-refractivity contribution < 1.29 is 0 Å². The molecule has 4 N–H and O–H groups in total. The Morgan fingerprint density at radius 1 is 1.17 bits per heavy atom. The Bertz CT molecular complexity index is 715. The standard InChI is InChI=1S/C16H16BrN5S/c17-12-6-8-13(9-7-12)19-15(22-18)21-16-20-14(10-23-16)11-4-2-1-3-5-11/h1-9,14H,10,18H2,(H2,19,20,21,22). The molecule has 1 aliphatic rings. The molecule has 7 heteroatoms. The maximum absolute atomic E-state index is 5.56. The molecule has 0 saturated carbocycles. The predicted octanol–water partition coefficient (Wildman–Crippen LogP) is 3.52. The van der Waals surface area contributed by atoms with E-state index in [1.807, 2.05) is 42.5 Å². The van der Waals surface area contributed by atoms with Crippen LogP contribution in [0, 0.1) is 0 Å². The molecule has 0 bridgehead atoms. The molecule has 1 heterocycles. The van der Waals surface area contributed by atoms with E-state index in [2.05, 4.69) is 48.8 Å². The van der Waals surface area contributed by atoms with Crippen LogP contribution in [0.1, 0.15) is 11.6 Å². The number of benzene rings is 2. The zero-order chi connectivity index (χ0) is 16.1. The summed E-state index contributed by atoms with van der Waals surface area (Å²) < 4.78 is 1.02. The minimum absolute atomic E-state index is 0.145. The lowest BCUT2D eigenvalue weighted by molar-refractivity contribution is 0.848. The summed E-state index contributed by atoms with van der Waals surface area (Å²) in [6.45, 7) is 0. The predicted molar refractivity (Wildman–Crippen MR) is 102 cm³/mol. The molecular formula is C16H16BrN5S. The van der Waals surface area contributed by atoms with Crippen molar-refractivity contribution in [1.29, 1.82) is 0 Å². The van der Waals surface area contributed by atoms with Gasteiger partial charge in [0.25, 0.3) is 0 Å². The van der Waals surface area contributed by atoms with E-state index in [0.29, 0.717) is 5.96 Å². The van der Waals surface area contributed by atoms with Crippen LogP contribution in [0.2, 0.25) is 0 Å². The van der Waals surface area contributed by atoms with Crippen LogP contribution >= 0.6 is 27.7 Å². The van der Waals surface area contributed by atoms with Crippen molar-refractivity contribution in [2.45, 2.75) is 6.04 Å². The Labute approximate surface area is 147 Å². The zero-order valence-corrected chi connectivity index (χ0v) is 14.6. The van der Waals surface area contributed by atoms with Crippen LogP contribution < -0.4 is 16.6 Å². The van der Waals surface area contributed by atoms with Crippen LogP contribution in [-0.4, -0.2) is 16.9 Å². The topological polar surface area (TPSA) is 74.8 Å². The quantitative estimate of drug-likeness (QED) is 0.318. The molecule has 0 spiro atoms. The highest BCUT2D eigenvalue weighted by Gasteiger charge is 2.19. The number of hydrazine groups is 1. The van der Waals surface area contributed by atoms with E-state index < -0.39 is 0 Å². The molecule has 0 fully saturated rings. The Kier molecular flexibility index (Phi) is 5.32. The van der Waals surface area contributed by atoms with Crippen molar-refractivity contribution in [3.8, 4) is 0 Å². The van der Waals surface area contributed by atoms with Gasteiger partial charge in [-0.05, 0) is 29.8 Å². The summed E-state index contributed by atoms with van der Waals surface area (Å²) in [4.78, 5) is 9.11. The number of rotatable bonds is 2. The fraction of sp³-hybridized carbons (Fsp3) is 0.125. The Hall–Kier alpha value is -1.83. The first-order valence-electron chi connectivity index (χ1n) is 7.08. The third kappa shape index (κ3) is 4.34. The van der Waals surface area contributed by atoms with Gasteiger partial charge in [0.05, 0.1) is 6.04 Å².